The second kappa shape index (κ2) is 8.67. The van der Waals surface area contributed by atoms with Gasteiger partial charge in [0.05, 0.1) is 0 Å². The number of ether oxygens (including phenoxy) is 1. The van der Waals surface area contributed by atoms with E-state index in [0.29, 0.717) is 5.92 Å². The minimum atomic E-state index is 0.584. The SMILES string of the molecule is COCCCCC(CN)Cc1cccc(Br)c1. The molecule has 96 valence electrons. The molecule has 0 aliphatic rings. The van der Waals surface area contributed by atoms with Crippen molar-refractivity contribution in [2.24, 2.45) is 11.7 Å². The summed E-state index contributed by atoms with van der Waals surface area (Å²) in [4.78, 5) is 0. The Labute approximate surface area is 113 Å². The van der Waals surface area contributed by atoms with Gasteiger partial charge in [0.25, 0.3) is 0 Å². The Morgan fingerprint density at radius 3 is 2.82 bits per heavy atom. The van der Waals surface area contributed by atoms with E-state index >= 15 is 0 Å². The zero-order valence-corrected chi connectivity index (χ0v) is 12.1. The van der Waals surface area contributed by atoms with Crippen LogP contribution in [0.25, 0.3) is 0 Å². The molecule has 0 aromatic heterocycles. The summed E-state index contributed by atoms with van der Waals surface area (Å²) in [6.45, 7) is 1.62. The number of rotatable bonds is 8. The van der Waals surface area contributed by atoms with Crippen LogP contribution >= 0.6 is 15.9 Å². The molecule has 2 nitrogen and oxygen atoms in total. The molecule has 2 N–H and O–H groups in total. The van der Waals surface area contributed by atoms with Gasteiger partial charge in [0.15, 0.2) is 0 Å². The smallest absolute Gasteiger partial charge is 0.0462 e. The fourth-order valence-electron chi connectivity index (χ4n) is 1.98. The van der Waals surface area contributed by atoms with Crippen LogP contribution in [-0.4, -0.2) is 20.3 Å². The number of halogens is 1. The normalized spacial score (nSPS) is 12.6. The molecule has 0 saturated carbocycles. The third-order valence-electron chi connectivity index (χ3n) is 2.96. The molecular formula is C14H22BrNO. The molecule has 0 spiro atoms. The summed E-state index contributed by atoms with van der Waals surface area (Å²) in [5.41, 5.74) is 7.19. The Hall–Kier alpha value is -0.380. The number of nitrogens with two attached hydrogens (primary N) is 1. The minimum Gasteiger partial charge on any atom is -0.385 e. The van der Waals surface area contributed by atoms with Crippen LogP contribution in [0.1, 0.15) is 24.8 Å². The predicted molar refractivity (Wildman–Crippen MR) is 76.1 cm³/mol. The first kappa shape index (κ1) is 14.7. The Kier molecular flexibility index (Phi) is 7.49. The number of methoxy groups -OCH3 is 1. The van der Waals surface area contributed by atoms with Gasteiger partial charge in [0.1, 0.15) is 0 Å². The molecule has 1 unspecified atom stereocenters. The highest BCUT2D eigenvalue weighted by Gasteiger charge is 2.07. The number of hydrogen-bond donors (Lipinski definition) is 1. The third kappa shape index (κ3) is 6.20. The summed E-state index contributed by atoms with van der Waals surface area (Å²) in [7, 11) is 1.75. The topological polar surface area (TPSA) is 35.2 Å². The van der Waals surface area contributed by atoms with Gasteiger partial charge in [-0.25, -0.2) is 0 Å². The van der Waals surface area contributed by atoms with Crippen LogP contribution in [0.2, 0.25) is 0 Å². The molecule has 0 radical (unpaired) electrons. The molecule has 0 aliphatic heterocycles. The Morgan fingerprint density at radius 1 is 1.35 bits per heavy atom. The summed E-state index contributed by atoms with van der Waals surface area (Å²) in [5.74, 6) is 0.584. The van der Waals surface area contributed by atoms with Crippen molar-refractivity contribution in [3.05, 3.63) is 34.3 Å². The van der Waals surface area contributed by atoms with E-state index in [1.165, 1.54) is 18.4 Å². The summed E-state index contributed by atoms with van der Waals surface area (Å²) in [6, 6.07) is 8.48. The maximum atomic E-state index is 5.83. The second-order valence-corrected chi connectivity index (χ2v) is 5.34. The standard InChI is InChI=1S/C14H22BrNO/c1-17-8-3-2-5-13(11-16)9-12-6-4-7-14(15)10-12/h4,6-7,10,13H,2-3,5,8-9,11,16H2,1H3. The zero-order chi connectivity index (χ0) is 12.5. The van der Waals surface area contributed by atoms with Gasteiger partial charge in [0, 0.05) is 18.2 Å². The van der Waals surface area contributed by atoms with Gasteiger partial charge in [-0.3, -0.25) is 0 Å². The van der Waals surface area contributed by atoms with Crippen molar-refractivity contribution in [1.82, 2.24) is 0 Å². The van der Waals surface area contributed by atoms with Crippen LogP contribution in [0.15, 0.2) is 28.7 Å². The first-order chi connectivity index (χ1) is 8.26. The zero-order valence-electron chi connectivity index (χ0n) is 10.5. The van der Waals surface area contributed by atoms with Crippen LogP contribution in [-0.2, 0) is 11.2 Å². The lowest BCUT2D eigenvalue weighted by Crippen LogP contribution is -2.17. The molecule has 1 atom stereocenters. The molecule has 0 fully saturated rings. The third-order valence-corrected chi connectivity index (χ3v) is 3.45. The van der Waals surface area contributed by atoms with Crippen molar-refractivity contribution in [3.63, 3.8) is 0 Å². The van der Waals surface area contributed by atoms with Gasteiger partial charge >= 0.3 is 0 Å². The molecule has 0 amide bonds. The van der Waals surface area contributed by atoms with Crippen LogP contribution < -0.4 is 5.73 Å². The number of hydrogen-bond acceptors (Lipinski definition) is 2. The van der Waals surface area contributed by atoms with E-state index in [9.17, 15) is 0 Å². The predicted octanol–water partition coefficient (Wildman–Crippen LogP) is 3.38. The van der Waals surface area contributed by atoms with Crippen LogP contribution in [0.4, 0.5) is 0 Å². The van der Waals surface area contributed by atoms with Crippen molar-refractivity contribution in [2.75, 3.05) is 20.3 Å². The summed E-state index contributed by atoms with van der Waals surface area (Å²) < 4.78 is 6.20. The van der Waals surface area contributed by atoms with Crippen LogP contribution in [0.5, 0.6) is 0 Å². The maximum Gasteiger partial charge on any atom is 0.0462 e. The lowest BCUT2D eigenvalue weighted by atomic mass is 9.94. The molecule has 1 aromatic rings. The minimum absolute atomic E-state index is 0.584. The van der Waals surface area contributed by atoms with Gasteiger partial charge < -0.3 is 10.5 Å². The van der Waals surface area contributed by atoms with E-state index in [4.69, 9.17) is 10.5 Å². The summed E-state index contributed by atoms with van der Waals surface area (Å²) in [5, 5.41) is 0. The molecule has 17 heavy (non-hydrogen) atoms. The van der Waals surface area contributed by atoms with Gasteiger partial charge in [-0.15, -0.1) is 0 Å². The summed E-state index contributed by atoms with van der Waals surface area (Å²) in [6.07, 6.45) is 4.59. The van der Waals surface area contributed by atoms with Crippen LogP contribution in [0.3, 0.4) is 0 Å². The van der Waals surface area contributed by atoms with Gasteiger partial charge in [-0.05, 0) is 49.4 Å². The largest absolute Gasteiger partial charge is 0.385 e. The highest BCUT2D eigenvalue weighted by atomic mass is 79.9. The Bertz CT molecular complexity index is 317. The number of benzene rings is 1. The molecule has 1 rings (SSSR count). The van der Waals surface area contributed by atoms with E-state index in [2.05, 4.69) is 40.2 Å². The molecule has 1 aromatic carbocycles. The van der Waals surface area contributed by atoms with Gasteiger partial charge in [0.2, 0.25) is 0 Å². The average Bonchev–Trinajstić information content (AvgIpc) is 2.33. The molecular weight excluding hydrogens is 278 g/mol. The van der Waals surface area contributed by atoms with Gasteiger partial charge in [-0.2, -0.15) is 0 Å². The second-order valence-electron chi connectivity index (χ2n) is 4.42. The van der Waals surface area contributed by atoms with Crippen molar-refractivity contribution < 1.29 is 4.74 Å². The average molecular weight is 300 g/mol. The fourth-order valence-corrected chi connectivity index (χ4v) is 2.43. The highest BCUT2D eigenvalue weighted by molar-refractivity contribution is 9.10. The van der Waals surface area contributed by atoms with E-state index in [-0.39, 0.29) is 0 Å². The van der Waals surface area contributed by atoms with Crippen molar-refractivity contribution >= 4 is 15.9 Å². The molecule has 0 aliphatic carbocycles. The van der Waals surface area contributed by atoms with E-state index in [1.54, 1.807) is 7.11 Å². The van der Waals surface area contributed by atoms with Crippen LogP contribution in [0, 0.1) is 5.92 Å². The van der Waals surface area contributed by atoms with Crippen molar-refractivity contribution in [3.8, 4) is 0 Å². The van der Waals surface area contributed by atoms with E-state index < -0.39 is 0 Å². The molecule has 0 bridgehead atoms. The maximum absolute atomic E-state index is 5.83. The van der Waals surface area contributed by atoms with Gasteiger partial charge in [-0.1, -0.05) is 34.5 Å². The quantitative estimate of drug-likeness (QED) is 0.747. The van der Waals surface area contributed by atoms with Crippen molar-refractivity contribution in [2.45, 2.75) is 25.7 Å². The molecule has 0 heterocycles. The molecule has 0 saturated heterocycles. The highest BCUT2D eigenvalue weighted by Crippen LogP contribution is 2.18. The first-order valence-corrected chi connectivity index (χ1v) is 6.99. The fraction of sp³-hybridized carbons (Fsp3) is 0.571. The monoisotopic (exact) mass is 299 g/mol. The number of unbranched alkanes of at least 4 members (excludes halogenated alkanes) is 1. The first-order valence-electron chi connectivity index (χ1n) is 6.19. The molecule has 3 heteroatoms. The van der Waals surface area contributed by atoms with E-state index in [1.807, 2.05) is 0 Å². The lowest BCUT2D eigenvalue weighted by molar-refractivity contribution is 0.190. The Balaban J connectivity index is 2.35. The van der Waals surface area contributed by atoms with E-state index in [0.717, 1.165) is 30.5 Å². The Morgan fingerprint density at radius 2 is 2.18 bits per heavy atom. The summed E-state index contributed by atoms with van der Waals surface area (Å²) >= 11 is 3.50. The lowest BCUT2D eigenvalue weighted by Gasteiger charge is -2.14. The van der Waals surface area contributed by atoms with Crippen molar-refractivity contribution in [1.29, 1.82) is 0 Å².